The topological polar surface area (TPSA) is 45.8 Å². The molecule has 0 saturated heterocycles. The van der Waals surface area contributed by atoms with Crippen molar-refractivity contribution in [1.29, 1.82) is 0 Å². The van der Waals surface area contributed by atoms with Crippen molar-refractivity contribution in [2.45, 2.75) is 48.3 Å². The second-order valence-corrected chi connectivity index (χ2v) is 6.54. The van der Waals surface area contributed by atoms with Gasteiger partial charge in [0, 0.05) is 11.2 Å². The molecule has 0 spiro atoms. The first-order valence-electron chi connectivity index (χ1n) is 6.04. The molecular formula is C12H15ClN2OS. The number of rotatable bonds is 1. The highest BCUT2D eigenvalue weighted by atomic mass is 35.5. The van der Waals surface area contributed by atoms with E-state index in [9.17, 15) is 4.79 Å². The Bertz CT molecular complexity index is 502. The standard InChI is InChI=1S/C12H15ClN2OS/c1-6-2-3-7-8(4-6)17-12-10(7)11(16)14-9(5-13)15-12/h6-8H,2-5H2,1H3,(H,14,15,16)/t6-,7+,8+/m0/s1. The third-order valence-electron chi connectivity index (χ3n) is 3.78. The Balaban J connectivity index is 2.02. The van der Waals surface area contributed by atoms with E-state index in [0.29, 0.717) is 17.0 Å². The summed E-state index contributed by atoms with van der Waals surface area (Å²) in [4.78, 5) is 19.3. The molecule has 0 unspecified atom stereocenters. The van der Waals surface area contributed by atoms with E-state index in [0.717, 1.165) is 22.9 Å². The molecule has 0 radical (unpaired) electrons. The van der Waals surface area contributed by atoms with Gasteiger partial charge in [-0.15, -0.1) is 23.4 Å². The van der Waals surface area contributed by atoms with Crippen LogP contribution in [-0.4, -0.2) is 15.2 Å². The van der Waals surface area contributed by atoms with Gasteiger partial charge in [-0.2, -0.15) is 0 Å². The second kappa shape index (κ2) is 4.32. The molecule has 1 aliphatic carbocycles. The minimum atomic E-state index is 0.0280. The Morgan fingerprint density at radius 3 is 3.12 bits per heavy atom. The summed E-state index contributed by atoms with van der Waals surface area (Å²) in [5.74, 6) is 2.04. The van der Waals surface area contributed by atoms with Crippen LogP contribution in [0.5, 0.6) is 0 Å². The highest BCUT2D eigenvalue weighted by Gasteiger charge is 2.40. The van der Waals surface area contributed by atoms with Crippen LogP contribution in [0.25, 0.3) is 0 Å². The first-order valence-corrected chi connectivity index (χ1v) is 7.46. The molecule has 17 heavy (non-hydrogen) atoms. The van der Waals surface area contributed by atoms with Gasteiger partial charge in [0.15, 0.2) is 0 Å². The quantitative estimate of drug-likeness (QED) is 0.630. The normalized spacial score (nSPS) is 31.1. The summed E-state index contributed by atoms with van der Waals surface area (Å²) in [5, 5.41) is 1.47. The van der Waals surface area contributed by atoms with Gasteiger partial charge in [-0.1, -0.05) is 13.3 Å². The fraction of sp³-hybridized carbons (Fsp3) is 0.667. The fourth-order valence-corrected chi connectivity index (χ4v) is 4.73. The molecule has 3 nitrogen and oxygen atoms in total. The number of H-pyrrole nitrogens is 1. The number of alkyl halides is 1. The average molecular weight is 271 g/mol. The molecule has 0 aromatic carbocycles. The van der Waals surface area contributed by atoms with Crippen LogP contribution in [0.15, 0.2) is 9.82 Å². The van der Waals surface area contributed by atoms with Crippen molar-refractivity contribution >= 4 is 23.4 Å². The van der Waals surface area contributed by atoms with Gasteiger partial charge in [-0.3, -0.25) is 4.79 Å². The van der Waals surface area contributed by atoms with Crippen LogP contribution in [0.2, 0.25) is 0 Å². The van der Waals surface area contributed by atoms with Crippen LogP contribution in [0.4, 0.5) is 0 Å². The molecule has 2 aliphatic rings. The predicted molar refractivity (Wildman–Crippen MR) is 69.8 cm³/mol. The van der Waals surface area contributed by atoms with E-state index in [-0.39, 0.29) is 11.4 Å². The van der Waals surface area contributed by atoms with E-state index in [1.54, 1.807) is 11.8 Å². The molecule has 2 heterocycles. The Morgan fingerprint density at radius 1 is 1.53 bits per heavy atom. The van der Waals surface area contributed by atoms with Crippen LogP contribution < -0.4 is 5.56 Å². The maximum absolute atomic E-state index is 12.1. The molecule has 3 rings (SSSR count). The van der Waals surface area contributed by atoms with Crippen molar-refractivity contribution in [3.63, 3.8) is 0 Å². The Labute approximate surface area is 109 Å². The van der Waals surface area contributed by atoms with Crippen molar-refractivity contribution in [3.8, 4) is 0 Å². The monoisotopic (exact) mass is 270 g/mol. The maximum Gasteiger partial charge on any atom is 0.255 e. The van der Waals surface area contributed by atoms with Crippen LogP contribution in [0.1, 0.15) is 43.5 Å². The van der Waals surface area contributed by atoms with Crippen LogP contribution in [0, 0.1) is 5.92 Å². The minimum absolute atomic E-state index is 0.0280. The van der Waals surface area contributed by atoms with Gasteiger partial charge in [0.05, 0.1) is 11.4 Å². The van der Waals surface area contributed by atoms with Crippen molar-refractivity contribution in [1.82, 2.24) is 9.97 Å². The molecule has 1 aliphatic heterocycles. The van der Waals surface area contributed by atoms with E-state index < -0.39 is 0 Å². The number of halogens is 1. The molecule has 1 aromatic rings. The second-order valence-electron chi connectivity index (χ2n) is 5.05. The zero-order valence-corrected chi connectivity index (χ0v) is 11.3. The largest absolute Gasteiger partial charge is 0.309 e. The number of aromatic nitrogens is 2. The number of aromatic amines is 1. The summed E-state index contributed by atoms with van der Waals surface area (Å²) in [7, 11) is 0. The number of nitrogens with one attached hydrogen (secondary N) is 1. The van der Waals surface area contributed by atoms with E-state index in [2.05, 4.69) is 16.9 Å². The number of thioether (sulfide) groups is 1. The van der Waals surface area contributed by atoms with Gasteiger partial charge in [-0.25, -0.2) is 4.98 Å². The lowest BCUT2D eigenvalue weighted by Gasteiger charge is -2.28. The molecule has 1 saturated carbocycles. The van der Waals surface area contributed by atoms with E-state index in [1.807, 2.05) is 0 Å². The zero-order chi connectivity index (χ0) is 12.0. The number of hydrogen-bond donors (Lipinski definition) is 1. The SMILES string of the molecule is C[C@H]1CC[C@H]2c3c(nc(CCl)[nH]c3=O)S[C@@H]2C1. The minimum Gasteiger partial charge on any atom is -0.309 e. The lowest BCUT2D eigenvalue weighted by atomic mass is 9.80. The smallest absolute Gasteiger partial charge is 0.255 e. The lowest BCUT2D eigenvalue weighted by Crippen LogP contribution is -2.25. The third kappa shape index (κ3) is 1.91. The summed E-state index contributed by atoms with van der Waals surface area (Å²) >= 11 is 7.51. The van der Waals surface area contributed by atoms with Crippen molar-refractivity contribution < 1.29 is 0 Å². The van der Waals surface area contributed by atoms with Crippen LogP contribution >= 0.6 is 23.4 Å². The van der Waals surface area contributed by atoms with E-state index in [1.165, 1.54) is 12.8 Å². The van der Waals surface area contributed by atoms with E-state index in [4.69, 9.17) is 11.6 Å². The highest BCUT2D eigenvalue weighted by molar-refractivity contribution is 8.00. The van der Waals surface area contributed by atoms with Crippen molar-refractivity contribution in [2.75, 3.05) is 0 Å². The third-order valence-corrected chi connectivity index (χ3v) is 5.40. The molecule has 0 bridgehead atoms. The van der Waals surface area contributed by atoms with Crippen molar-refractivity contribution in [3.05, 3.63) is 21.7 Å². The Kier molecular flexibility index (Phi) is 2.95. The maximum atomic E-state index is 12.1. The highest BCUT2D eigenvalue weighted by Crippen LogP contribution is 2.50. The zero-order valence-electron chi connectivity index (χ0n) is 9.70. The summed E-state index contributed by atoms with van der Waals surface area (Å²) < 4.78 is 0. The van der Waals surface area contributed by atoms with E-state index >= 15 is 0 Å². The Hall–Kier alpha value is -0.480. The number of hydrogen-bond acceptors (Lipinski definition) is 3. The van der Waals surface area contributed by atoms with Gasteiger partial charge in [0.2, 0.25) is 0 Å². The fourth-order valence-electron chi connectivity index (χ4n) is 2.92. The Morgan fingerprint density at radius 2 is 2.35 bits per heavy atom. The average Bonchev–Trinajstić information content (AvgIpc) is 2.66. The summed E-state index contributed by atoms with van der Waals surface area (Å²) in [6.45, 7) is 2.29. The van der Waals surface area contributed by atoms with Gasteiger partial charge in [0.25, 0.3) is 5.56 Å². The molecule has 1 aromatic heterocycles. The van der Waals surface area contributed by atoms with Gasteiger partial charge in [-0.05, 0) is 18.8 Å². The van der Waals surface area contributed by atoms with Crippen LogP contribution in [0.3, 0.4) is 0 Å². The first kappa shape index (κ1) is 11.6. The summed E-state index contributed by atoms with van der Waals surface area (Å²) in [5.41, 5.74) is 0.945. The molecule has 1 fully saturated rings. The van der Waals surface area contributed by atoms with Crippen molar-refractivity contribution in [2.24, 2.45) is 5.92 Å². The first-order chi connectivity index (χ1) is 8.19. The molecule has 92 valence electrons. The molecular weight excluding hydrogens is 256 g/mol. The van der Waals surface area contributed by atoms with Gasteiger partial charge >= 0.3 is 0 Å². The summed E-state index contributed by atoms with van der Waals surface area (Å²) in [6, 6.07) is 0. The number of fused-ring (bicyclic) bond motifs is 3. The summed E-state index contributed by atoms with van der Waals surface area (Å²) in [6.07, 6.45) is 3.54. The van der Waals surface area contributed by atoms with Gasteiger partial charge in [0.1, 0.15) is 10.9 Å². The van der Waals surface area contributed by atoms with Crippen LogP contribution in [-0.2, 0) is 5.88 Å². The number of nitrogens with zero attached hydrogens (tertiary/aromatic N) is 1. The lowest BCUT2D eigenvalue weighted by molar-refractivity contribution is 0.359. The molecule has 1 N–H and O–H groups in total. The molecule has 5 heteroatoms. The molecule has 0 amide bonds. The van der Waals surface area contributed by atoms with Gasteiger partial charge < -0.3 is 4.98 Å². The predicted octanol–water partition coefficient (Wildman–Crippen LogP) is 2.89. The molecule has 3 atom stereocenters.